The molecule has 0 aromatic carbocycles. The van der Waals surface area contributed by atoms with Crippen LogP contribution in [0.2, 0.25) is 0 Å². The Morgan fingerprint density at radius 2 is 2.06 bits per heavy atom. The third kappa shape index (κ3) is 1.65. The van der Waals surface area contributed by atoms with E-state index in [1.165, 1.54) is 11.3 Å². The van der Waals surface area contributed by atoms with Gasteiger partial charge in [-0.25, -0.2) is 14.8 Å². The number of hydrogen-bond acceptors (Lipinski definition) is 6. The molecule has 9 heteroatoms. The Morgan fingerprint density at radius 1 is 1.22 bits per heavy atom. The van der Waals surface area contributed by atoms with Crippen LogP contribution in [0.5, 0.6) is 0 Å². The van der Waals surface area contributed by atoms with Crippen LogP contribution in [0.25, 0.3) is 22.7 Å². The molecule has 0 bridgehead atoms. The number of nitrogens with one attached hydrogen (secondary N) is 3. The summed E-state index contributed by atoms with van der Waals surface area (Å²) in [5, 5.41) is 2.56. The van der Waals surface area contributed by atoms with E-state index in [2.05, 4.69) is 24.9 Å². The first-order valence-electron chi connectivity index (χ1n) is 5.04. The topological polar surface area (TPSA) is 133 Å². The quantitative estimate of drug-likeness (QED) is 0.496. The maximum atomic E-state index is 11.5. The second-order valence-corrected chi connectivity index (χ2v) is 4.49. The van der Waals surface area contributed by atoms with Gasteiger partial charge >= 0.3 is 5.69 Å². The van der Waals surface area contributed by atoms with E-state index in [1.807, 2.05) is 0 Å². The molecule has 3 aromatic heterocycles. The molecule has 0 spiro atoms. The van der Waals surface area contributed by atoms with Crippen molar-refractivity contribution in [3.8, 4) is 11.5 Å². The number of aromatic nitrogens is 5. The van der Waals surface area contributed by atoms with Crippen molar-refractivity contribution in [1.29, 1.82) is 0 Å². The van der Waals surface area contributed by atoms with Crippen LogP contribution in [-0.4, -0.2) is 24.9 Å². The first-order chi connectivity index (χ1) is 8.67. The number of nitrogens with two attached hydrogens (primary N) is 1. The monoisotopic (exact) mass is 264 g/mol. The molecule has 3 heterocycles. The number of aromatic amines is 3. The highest BCUT2D eigenvalue weighted by Crippen LogP contribution is 2.19. The molecule has 0 amide bonds. The maximum Gasteiger partial charge on any atom is 0.327 e. The van der Waals surface area contributed by atoms with Gasteiger partial charge in [0.2, 0.25) is 0 Å². The molecule has 18 heavy (non-hydrogen) atoms. The van der Waals surface area contributed by atoms with Crippen molar-refractivity contribution in [2.45, 2.75) is 6.54 Å². The van der Waals surface area contributed by atoms with Crippen LogP contribution in [0, 0.1) is 0 Å². The molecule has 3 rings (SSSR count). The van der Waals surface area contributed by atoms with Gasteiger partial charge in [-0.3, -0.25) is 14.8 Å². The van der Waals surface area contributed by atoms with Crippen molar-refractivity contribution >= 4 is 22.5 Å². The Kier molecular flexibility index (Phi) is 2.35. The van der Waals surface area contributed by atoms with Crippen LogP contribution >= 0.6 is 11.3 Å². The summed E-state index contributed by atoms with van der Waals surface area (Å²) in [6.45, 7) is 0.350. The van der Waals surface area contributed by atoms with E-state index in [0.29, 0.717) is 18.1 Å². The van der Waals surface area contributed by atoms with Crippen LogP contribution in [-0.2, 0) is 6.54 Å². The second kappa shape index (κ2) is 3.89. The molecule has 5 N–H and O–H groups in total. The Hall–Kier alpha value is -2.26. The van der Waals surface area contributed by atoms with Gasteiger partial charge in [0.1, 0.15) is 16.2 Å². The van der Waals surface area contributed by atoms with Crippen molar-refractivity contribution in [2.24, 2.45) is 5.73 Å². The van der Waals surface area contributed by atoms with Gasteiger partial charge in [-0.1, -0.05) is 0 Å². The number of imidazole rings is 1. The van der Waals surface area contributed by atoms with Crippen molar-refractivity contribution in [3.63, 3.8) is 0 Å². The lowest BCUT2D eigenvalue weighted by molar-refractivity contribution is 1.04. The summed E-state index contributed by atoms with van der Waals surface area (Å²) in [6.07, 6.45) is 0. The molecule has 0 radical (unpaired) electrons. The minimum absolute atomic E-state index is 0.209. The summed E-state index contributed by atoms with van der Waals surface area (Å²) in [4.78, 5) is 38.4. The highest BCUT2D eigenvalue weighted by molar-refractivity contribution is 7.09. The summed E-state index contributed by atoms with van der Waals surface area (Å²) < 4.78 is 0. The fraction of sp³-hybridized carbons (Fsp3) is 0.111. The van der Waals surface area contributed by atoms with Gasteiger partial charge < -0.3 is 10.7 Å². The molecule has 0 aliphatic heterocycles. The lowest BCUT2D eigenvalue weighted by Gasteiger charge is -1.87. The van der Waals surface area contributed by atoms with Gasteiger partial charge in [0.05, 0.1) is 0 Å². The van der Waals surface area contributed by atoms with Crippen molar-refractivity contribution in [1.82, 2.24) is 24.9 Å². The zero-order valence-electron chi connectivity index (χ0n) is 8.98. The Morgan fingerprint density at radius 3 is 2.78 bits per heavy atom. The van der Waals surface area contributed by atoms with Gasteiger partial charge in [-0.05, 0) is 0 Å². The van der Waals surface area contributed by atoms with E-state index in [0.717, 1.165) is 5.01 Å². The van der Waals surface area contributed by atoms with Crippen LogP contribution in [0.4, 0.5) is 0 Å². The Bertz CT molecular complexity index is 825. The van der Waals surface area contributed by atoms with E-state index < -0.39 is 11.2 Å². The molecule has 0 atom stereocenters. The first-order valence-corrected chi connectivity index (χ1v) is 5.92. The summed E-state index contributed by atoms with van der Waals surface area (Å²) in [5.74, 6) is 0.424. The number of rotatable bonds is 2. The highest BCUT2D eigenvalue weighted by Gasteiger charge is 2.11. The number of fused-ring (bicyclic) bond motifs is 1. The molecule has 3 aromatic rings. The van der Waals surface area contributed by atoms with E-state index in [1.54, 1.807) is 5.38 Å². The van der Waals surface area contributed by atoms with Crippen LogP contribution < -0.4 is 17.0 Å². The zero-order chi connectivity index (χ0) is 12.7. The molecule has 0 aliphatic carbocycles. The van der Waals surface area contributed by atoms with Crippen LogP contribution in [0.3, 0.4) is 0 Å². The molecule has 0 saturated carbocycles. The average molecular weight is 264 g/mol. The smallest absolute Gasteiger partial charge is 0.327 e. The fourth-order valence-corrected chi connectivity index (χ4v) is 2.23. The van der Waals surface area contributed by atoms with Gasteiger partial charge in [-0.2, -0.15) is 0 Å². The summed E-state index contributed by atoms with van der Waals surface area (Å²) in [7, 11) is 0. The lowest BCUT2D eigenvalue weighted by atomic mass is 10.5. The van der Waals surface area contributed by atoms with Crippen molar-refractivity contribution < 1.29 is 0 Å². The normalized spacial score (nSPS) is 11.2. The minimum Gasteiger partial charge on any atom is -0.331 e. The maximum absolute atomic E-state index is 11.5. The standard InChI is InChI=1S/C9H8N6O2S/c10-1-4-11-3(2-18-4)6-12-5-7(13-6)14-9(17)15-8(5)16/h2H,1,10H2,(H3,12,13,14,15,16,17). The second-order valence-electron chi connectivity index (χ2n) is 3.55. The Balaban J connectivity index is 2.22. The average Bonchev–Trinajstić information content (AvgIpc) is 2.93. The third-order valence-electron chi connectivity index (χ3n) is 2.36. The predicted molar refractivity (Wildman–Crippen MR) is 66.3 cm³/mol. The number of nitrogens with zero attached hydrogens (tertiary/aromatic N) is 2. The molecule has 0 aliphatic rings. The van der Waals surface area contributed by atoms with Crippen molar-refractivity contribution in [3.05, 3.63) is 31.2 Å². The predicted octanol–water partition coefficient (Wildman–Crippen LogP) is -0.478. The van der Waals surface area contributed by atoms with Crippen molar-refractivity contribution in [2.75, 3.05) is 0 Å². The van der Waals surface area contributed by atoms with Crippen LogP contribution in [0.15, 0.2) is 15.0 Å². The van der Waals surface area contributed by atoms with E-state index in [9.17, 15) is 9.59 Å². The van der Waals surface area contributed by atoms with E-state index >= 15 is 0 Å². The fourth-order valence-electron chi connectivity index (χ4n) is 1.57. The summed E-state index contributed by atoms with van der Waals surface area (Å²) in [5.41, 5.74) is 5.39. The van der Waals surface area contributed by atoms with E-state index in [4.69, 9.17) is 5.73 Å². The number of hydrogen-bond donors (Lipinski definition) is 4. The molecule has 92 valence electrons. The van der Waals surface area contributed by atoms with Gasteiger partial charge in [0.25, 0.3) is 5.56 Å². The molecule has 0 fully saturated rings. The molecular weight excluding hydrogens is 256 g/mol. The SMILES string of the molecule is NCc1nc(-c2nc3[nH]c(=O)[nH]c(=O)c3[nH]2)cs1. The molecule has 0 unspecified atom stereocenters. The third-order valence-corrected chi connectivity index (χ3v) is 3.23. The molecule has 8 nitrogen and oxygen atoms in total. The highest BCUT2D eigenvalue weighted by atomic mass is 32.1. The first kappa shape index (κ1) is 10.9. The lowest BCUT2D eigenvalue weighted by Crippen LogP contribution is -2.21. The zero-order valence-corrected chi connectivity index (χ0v) is 9.80. The summed E-state index contributed by atoms with van der Waals surface area (Å²) >= 11 is 1.41. The molecule has 0 saturated heterocycles. The number of thiazole rings is 1. The number of H-pyrrole nitrogens is 3. The van der Waals surface area contributed by atoms with Gasteiger partial charge in [-0.15, -0.1) is 11.3 Å². The summed E-state index contributed by atoms with van der Waals surface area (Å²) in [6, 6.07) is 0. The van der Waals surface area contributed by atoms with Gasteiger partial charge in [0, 0.05) is 11.9 Å². The van der Waals surface area contributed by atoms with Crippen LogP contribution in [0.1, 0.15) is 5.01 Å². The molecular formula is C9H8N6O2S. The van der Waals surface area contributed by atoms with E-state index in [-0.39, 0.29) is 11.2 Å². The minimum atomic E-state index is -0.591. The van der Waals surface area contributed by atoms with Gasteiger partial charge in [0.15, 0.2) is 11.5 Å². The Labute approximate surface area is 103 Å². The largest absolute Gasteiger partial charge is 0.331 e.